The first-order valence-electron chi connectivity index (χ1n) is 32.4. The van der Waals surface area contributed by atoms with Gasteiger partial charge in [0, 0.05) is 19.3 Å². The highest BCUT2D eigenvalue weighted by Crippen LogP contribution is 2.16. The number of hydrogen-bond donors (Lipinski definition) is 0. The van der Waals surface area contributed by atoms with Gasteiger partial charge in [0.2, 0.25) is 0 Å². The molecule has 0 aliphatic heterocycles. The summed E-state index contributed by atoms with van der Waals surface area (Å²) in [7, 11) is 0. The van der Waals surface area contributed by atoms with Gasteiger partial charge in [-0.2, -0.15) is 0 Å². The van der Waals surface area contributed by atoms with E-state index in [0.717, 1.165) is 141 Å². The predicted octanol–water partition coefficient (Wildman–Crippen LogP) is 22.2. The molecule has 0 saturated heterocycles. The Labute approximate surface area is 476 Å². The second-order valence-electron chi connectivity index (χ2n) is 21.3. The number of carbonyl (C=O) groups excluding carboxylic acids is 3. The van der Waals surface area contributed by atoms with Gasteiger partial charge in [-0.25, -0.2) is 0 Å². The molecule has 0 aromatic rings. The number of allylic oxidation sites excluding steroid dienone is 18. The lowest BCUT2D eigenvalue weighted by Gasteiger charge is -2.18. The average molecular weight is 1070 g/mol. The molecular formula is C71H120O6. The monoisotopic (exact) mass is 1070 g/mol. The van der Waals surface area contributed by atoms with E-state index in [9.17, 15) is 14.4 Å². The molecule has 0 rings (SSSR count). The molecule has 77 heavy (non-hydrogen) atoms. The number of hydrogen-bond acceptors (Lipinski definition) is 6. The van der Waals surface area contributed by atoms with Crippen molar-refractivity contribution < 1.29 is 28.6 Å². The van der Waals surface area contributed by atoms with E-state index in [1.807, 2.05) is 0 Å². The number of esters is 3. The van der Waals surface area contributed by atoms with E-state index in [-0.39, 0.29) is 31.1 Å². The lowest BCUT2D eigenvalue weighted by molar-refractivity contribution is -0.167. The van der Waals surface area contributed by atoms with Crippen LogP contribution in [0.3, 0.4) is 0 Å². The van der Waals surface area contributed by atoms with Crippen LogP contribution in [-0.4, -0.2) is 37.2 Å². The van der Waals surface area contributed by atoms with Crippen LogP contribution >= 0.6 is 0 Å². The molecule has 0 radical (unpaired) electrons. The van der Waals surface area contributed by atoms with Crippen LogP contribution in [0.15, 0.2) is 109 Å². The van der Waals surface area contributed by atoms with Gasteiger partial charge in [-0.1, -0.05) is 291 Å². The van der Waals surface area contributed by atoms with Crippen molar-refractivity contribution in [3.63, 3.8) is 0 Å². The normalized spacial score (nSPS) is 12.8. The smallest absolute Gasteiger partial charge is 0.306 e. The van der Waals surface area contributed by atoms with E-state index in [0.29, 0.717) is 19.3 Å². The molecule has 6 heteroatoms. The van der Waals surface area contributed by atoms with E-state index in [4.69, 9.17) is 14.2 Å². The third kappa shape index (κ3) is 62.8. The van der Waals surface area contributed by atoms with Crippen LogP contribution in [-0.2, 0) is 28.6 Å². The largest absolute Gasteiger partial charge is 0.462 e. The summed E-state index contributed by atoms with van der Waals surface area (Å²) in [6, 6.07) is 0. The Hall–Kier alpha value is -3.93. The Morgan fingerprint density at radius 3 is 0.844 bits per heavy atom. The molecule has 0 amide bonds. The van der Waals surface area contributed by atoms with Crippen LogP contribution in [0.5, 0.6) is 0 Å². The first-order valence-corrected chi connectivity index (χ1v) is 32.4. The summed E-state index contributed by atoms with van der Waals surface area (Å²) in [4.78, 5) is 38.3. The summed E-state index contributed by atoms with van der Waals surface area (Å²) in [5, 5.41) is 0. The Morgan fingerprint density at radius 2 is 0.532 bits per heavy atom. The molecule has 1 atom stereocenters. The third-order valence-electron chi connectivity index (χ3n) is 13.7. The lowest BCUT2D eigenvalue weighted by Crippen LogP contribution is -2.30. The minimum absolute atomic E-state index is 0.0871. The average Bonchev–Trinajstić information content (AvgIpc) is 3.43. The Kier molecular flexibility index (Phi) is 61.3. The third-order valence-corrected chi connectivity index (χ3v) is 13.7. The molecule has 0 aromatic carbocycles. The number of ether oxygens (including phenoxy) is 3. The highest BCUT2D eigenvalue weighted by molar-refractivity contribution is 5.71. The van der Waals surface area contributed by atoms with Crippen LogP contribution in [0.1, 0.15) is 303 Å². The van der Waals surface area contributed by atoms with Crippen molar-refractivity contribution in [3.8, 4) is 0 Å². The van der Waals surface area contributed by atoms with Gasteiger partial charge in [0.1, 0.15) is 13.2 Å². The fraction of sp³-hybridized carbons (Fsp3) is 0.704. The summed E-state index contributed by atoms with van der Waals surface area (Å²) in [6.07, 6.45) is 88.1. The second kappa shape index (κ2) is 64.6. The standard InChI is InChI=1S/C71H120O6/c1-4-7-10-13-16-19-22-25-27-29-30-31-32-33-34-35-36-37-38-39-40-42-43-46-49-52-55-58-61-64-70(73)76-67-68(66-75-69(72)63-60-57-54-51-48-45-24-21-18-15-12-9-6-3)77-71(74)65-62-59-56-53-50-47-44-41-28-26-23-20-17-14-11-8-5-2/h7,10,12,15-16,19,21,24-25,27,30-31,33-34,36-37,39-40,68H,4-6,8-9,11,13-14,17-18,20,22-23,26,28-29,32,35,38,41-67H2,1-3H3/b10-7-,15-12-,19-16-,24-21-,27-25-,31-30-,34-33-,37-36-,40-39-. The fourth-order valence-corrected chi connectivity index (χ4v) is 8.93. The second-order valence-corrected chi connectivity index (χ2v) is 21.3. The lowest BCUT2D eigenvalue weighted by atomic mass is 10.0. The van der Waals surface area contributed by atoms with E-state index in [2.05, 4.69) is 130 Å². The van der Waals surface area contributed by atoms with Crippen LogP contribution in [0.25, 0.3) is 0 Å². The van der Waals surface area contributed by atoms with Gasteiger partial charge in [0.15, 0.2) is 6.10 Å². The Bertz CT molecular complexity index is 1560. The predicted molar refractivity (Wildman–Crippen MR) is 334 cm³/mol. The summed E-state index contributed by atoms with van der Waals surface area (Å²) < 4.78 is 16.9. The molecule has 0 aromatic heterocycles. The first kappa shape index (κ1) is 73.1. The van der Waals surface area contributed by atoms with Gasteiger partial charge in [0.05, 0.1) is 0 Å². The van der Waals surface area contributed by atoms with Crippen LogP contribution in [0.2, 0.25) is 0 Å². The first-order chi connectivity index (χ1) is 38.0. The molecule has 0 saturated carbocycles. The van der Waals surface area contributed by atoms with Gasteiger partial charge in [-0.05, 0) is 103 Å². The topological polar surface area (TPSA) is 78.9 Å². The zero-order valence-corrected chi connectivity index (χ0v) is 50.4. The maximum atomic E-state index is 12.9. The molecule has 0 aliphatic rings. The molecule has 6 nitrogen and oxygen atoms in total. The summed E-state index contributed by atoms with van der Waals surface area (Å²) in [5.74, 6) is -0.902. The van der Waals surface area contributed by atoms with E-state index < -0.39 is 6.10 Å². The van der Waals surface area contributed by atoms with Gasteiger partial charge in [-0.15, -0.1) is 0 Å². The minimum Gasteiger partial charge on any atom is -0.462 e. The number of unbranched alkanes of at least 4 members (excludes halogenated alkanes) is 29. The Balaban J connectivity index is 4.32. The van der Waals surface area contributed by atoms with Crippen molar-refractivity contribution in [2.75, 3.05) is 13.2 Å². The van der Waals surface area contributed by atoms with E-state index >= 15 is 0 Å². The maximum Gasteiger partial charge on any atom is 0.306 e. The molecule has 0 fully saturated rings. The maximum absolute atomic E-state index is 12.9. The molecule has 0 heterocycles. The molecule has 0 bridgehead atoms. The fourth-order valence-electron chi connectivity index (χ4n) is 8.93. The summed E-state index contributed by atoms with van der Waals surface area (Å²) >= 11 is 0. The molecule has 0 spiro atoms. The van der Waals surface area contributed by atoms with Crippen LogP contribution in [0, 0.1) is 0 Å². The van der Waals surface area contributed by atoms with E-state index in [1.54, 1.807) is 0 Å². The number of carbonyl (C=O) groups is 3. The molecule has 0 N–H and O–H groups in total. The highest BCUT2D eigenvalue weighted by atomic mass is 16.6. The highest BCUT2D eigenvalue weighted by Gasteiger charge is 2.19. The van der Waals surface area contributed by atoms with Crippen molar-refractivity contribution in [2.45, 2.75) is 309 Å². The van der Waals surface area contributed by atoms with Crippen LogP contribution in [0.4, 0.5) is 0 Å². The molecule has 440 valence electrons. The molecular weight excluding hydrogens is 949 g/mol. The summed E-state index contributed by atoms with van der Waals surface area (Å²) in [6.45, 7) is 6.47. The Morgan fingerprint density at radius 1 is 0.273 bits per heavy atom. The van der Waals surface area contributed by atoms with Gasteiger partial charge < -0.3 is 14.2 Å². The zero-order valence-electron chi connectivity index (χ0n) is 50.4. The minimum atomic E-state index is -0.789. The quantitative estimate of drug-likeness (QED) is 0.0261. The molecule has 1 unspecified atom stereocenters. The van der Waals surface area contributed by atoms with Crippen molar-refractivity contribution in [1.82, 2.24) is 0 Å². The zero-order chi connectivity index (χ0) is 55.7. The number of rotatable bonds is 58. The summed E-state index contributed by atoms with van der Waals surface area (Å²) in [5.41, 5.74) is 0. The van der Waals surface area contributed by atoms with E-state index in [1.165, 1.54) is 122 Å². The van der Waals surface area contributed by atoms with Crippen molar-refractivity contribution in [3.05, 3.63) is 109 Å². The van der Waals surface area contributed by atoms with Gasteiger partial charge in [-0.3, -0.25) is 14.4 Å². The SMILES string of the molecule is CC/C=C\C/C=C\C/C=C\C/C=C\C/C=C\C/C=C\C/C=C\CCCCCCCCCC(=O)OCC(COC(=O)CCCCCCC/C=C\C/C=C\CCC)OC(=O)CCCCCCCCCCCCCCCCCCC. The van der Waals surface area contributed by atoms with Crippen molar-refractivity contribution in [2.24, 2.45) is 0 Å². The van der Waals surface area contributed by atoms with Gasteiger partial charge in [0.25, 0.3) is 0 Å². The van der Waals surface area contributed by atoms with Crippen molar-refractivity contribution >= 4 is 17.9 Å². The van der Waals surface area contributed by atoms with Crippen molar-refractivity contribution in [1.29, 1.82) is 0 Å². The van der Waals surface area contributed by atoms with Crippen LogP contribution < -0.4 is 0 Å². The van der Waals surface area contributed by atoms with Gasteiger partial charge >= 0.3 is 17.9 Å². The molecule has 0 aliphatic carbocycles.